The van der Waals surface area contributed by atoms with Crippen LogP contribution in [0.25, 0.3) is 10.9 Å². The lowest BCUT2D eigenvalue weighted by molar-refractivity contribution is 0.487. The number of hydrogen-bond donors (Lipinski definition) is 1. The van der Waals surface area contributed by atoms with Crippen LogP contribution < -0.4 is 10.1 Å². The fourth-order valence-electron chi connectivity index (χ4n) is 1.90. The van der Waals surface area contributed by atoms with Crippen LogP contribution in [0.4, 0.5) is 5.82 Å². The zero-order valence-electron chi connectivity index (χ0n) is 10.5. The Labute approximate surface area is 111 Å². The van der Waals surface area contributed by atoms with Crippen molar-refractivity contribution in [1.82, 2.24) is 9.97 Å². The number of benzene rings is 1. The second-order valence-corrected chi connectivity index (χ2v) is 4.06. The number of nitrogens with zero attached hydrogens (tertiary/aromatic N) is 2. The maximum absolute atomic E-state index is 5.89. The third-order valence-electron chi connectivity index (χ3n) is 2.81. The molecule has 0 unspecified atom stereocenters. The molecule has 3 aromatic rings. The highest BCUT2D eigenvalue weighted by Gasteiger charge is 2.04. The molecule has 0 aliphatic carbocycles. The van der Waals surface area contributed by atoms with Crippen molar-refractivity contribution in [2.75, 3.05) is 12.4 Å². The van der Waals surface area contributed by atoms with Gasteiger partial charge in [0.25, 0.3) is 0 Å². The summed E-state index contributed by atoms with van der Waals surface area (Å²) in [6.07, 6.45) is 3.47. The minimum atomic E-state index is 0.734. The van der Waals surface area contributed by atoms with Crippen LogP contribution in [-0.4, -0.2) is 17.0 Å². The maximum atomic E-state index is 5.89. The van der Waals surface area contributed by atoms with Gasteiger partial charge in [-0.25, -0.2) is 4.98 Å². The zero-order valence-corrected chi connectivity index (χ0v) is 10.5. The monoisotopic (exact) mass is 251 g/mol. The number of pyridine rings is 2. The topological polar surface area (TPSA) is 47.0 Å². The van der Waals surface area contributed by atoms with E-state index in [0.29, 0.717) is 0 Å². The van der Waals surface area contributed by atoms with E-state index in [1.807, 2.05) is 49.5 Å². The number of aromatic nitrogens is 2. The largest absolute Gasteiger partial charge is 0.455 e. The van der Waals surface area contributed by atoms with Crippen molar-refractivity contribution in [3.8, 4) is 11.5 Å². The fraction of sp³-hybridized carbons (Fsp3) is 0.0667. The Hall–Kier alpha value is -2.62. The first-order valence-electron chi connectivity index (χ1n) is 6.02. The van der Waals surface area contributed by atoms with Crippen molar-refractivity contribution >= 4 is 16.7 Å². The molecule has 4 heteroatoms. The Morgan fingerprint density at radius 2 is 1.89 bits per heavy atom. The summed E-state index contributed by atoms with van der Waals surface area (Å²) in [5, 5.41) is 4.04. The van der Waals surface area contributed by atoms with Crippen molar-refractivity contribution in [2.24, 2.45) is 0 Å². The van der Waals surface area contributed by atoms with Crippen molar-refractivity contribution in [3.05, 3.63) is 54.9 Å². The zero-order chi connectivity index (χ0) is 13.1. The number of para-hydroxylation sites is 1. The van der Waals surface area contributed by atoms with Crippen LogP contribution in [0, 0.1) is 0 Å². The molecule has 3 rings (SSSR count). The Bertz CT molecular complexity index is 707. The van der Waals surface area contributed by atoms with Crippen molar-refractivity contribution in [1.29, 1.82) is 0 Å². The number of fused-ring (bicyclic) bond motifs is 1. The van der Waals surface area contributed by atoms with Crippen molar-refractivity contribution in [2.45, 2.75) is 0 Å². The van der Waals surface area contributed by atoms with E-state index in [1.54, 1.807) is 12.4 Å². The van der Waals surface area contributed by atoms with Gasteiger partial charge in [-0.1, -0.05) is 18.2 Å². The molecule has 0 fully saturated rings. The molecule has 0 spiro atoms. The molecule has 0 radical (unpaired) electrons. The second-order valence-electron chi connectivity index (χ2n) is 4.06. The second kappa shape index (κ2) is 4.94. The van der Waals surface area contributed by atoms with E-state index in [4.69, 9.17) is 4.74 Å². The van der Waals surface area contributed by atoms with E-state index in [9.17, 15) is 0 Å². The van der Waals surface area contributed by atoms with Gasteiger partial charge < -0.3 is 10.1 Å². The van der Waals surface area contributed by atoms with Crippen LogP contribution in [0.5, 0.6) is 11.5 Å². The van der Waals surface area contributed by atoms with E-state index in [0.717, 1.165) is 28.2 Å². The van der Waals surface area contributed by atoms with Gasteiger partial charge in [0.05, 0.1) is 0 Å². The SMILES string of the molecule is CNc1cc(Oc2cccc3cccnc23)ccn1. The van der Waals surface area contributed by atoms with Crippen LogP contribution in [0.1, 0.15) is 0 Å². The van der Waals surface area contributed by atoms with Crippen LogP contribution in [0.15, 0.2) is 54.9 Å². The molecule has 94 valence electrons. The molecule has 1 N–H and O–H groups in total. The molecule has 0 saturated carbocycles. The molecule has 0 atom stereocenters. The minimum absolute atomic E-state index is 0.734. The van der Waals surface area contributed by atoms with Gasteiger partial charge in [0, 0.05) is 30.9 Å². The van der Waals surface area contributed by atoms with Gasteiger partial charge in [-0.3, -0.25) is 4.98 Å². The molecule has 0 saturated heterocycles. The first-order chi connectivity index (χ1) is 9.36. The highest BCUT2D eigenvalue weighted by molar-refractivity contribution is 5.84. The Morgan fingerprint density at radius 1 is 1.00 bits per heavy atom. The summed E-state index contributed by atoms with van der Waals surface area (Å²) in [6, 6.07) is 13.5. The lowest BCUT2D eigenvalue weighted by Gasteiger charge is -2.08. The molecule has 0 aliphatic heterocycles. The number of rotatable bonds is 3. The standard InChI is InChI=1S/C15H13N3O/c1-16-14-10-12(7-9-17-14)19-13-6-2-4-11-5-3-8-18-15(11)13/h2-10H,1H3,(H,16,17). The van der Waals surface area contributed by atoms with Crippen LogP contribution in [-0.2, 0) is 0 Å². The number of ether oxygens (including phenoxy) is 1. The van der Waals surface area contributed by atoms with E-state index in [-0.39, 0.29) is 0 Å². The molecule has 1 aromatic carbocycles. The predicted molar refractivity (Wildman–Crippen MR) is 75.6 cm³/mol. The van der Waals surface area contributed by atoms with E-state index in [2.05, 4.69) is 15.3 Å². The van der Waals surface area contributed by atoms with Crippen LogP contribution in [0.2, 0.25) is 0 Å². The first-order valence-corrected chi connectivity index (χ1v) is 6.02. The van der Waals surface area contributed by atoms with Gasteiger partial charge in [0.1, 0.15) is 17.1 Å². The van der Waals surface area contributed by atoms with E-state index in [1.165, 1.54) is 0 Å². The van der Waals surface area contributed by atoms with E-state index < -0.39 is 0 Å². The Kier molecular flexibility index (Phi) is 2.98. The molecular weight excluding hydrogens is 238 g/mol. The molecule has 2 aromatic heterocycles. The van der Waals surface area contributed by atoms with E-state index >= 15 is 0 Å². The Morgan fingerprint density at radius 3 is 2.79 bits per heavy atom. The summed E-state index contributed by atoms with van der Waals surface area (Å²) in [4.78, 5) is 8.52. The maximum Gasteiger partial charge on any atom is 0.153 e. The first kappa shape index (κ1) is 11.5. The molecule has 2 heterocycles. The summed E-state index contributed by atoms with van der Waals surface area (Å²) in [5.74, 6) is 2.24. The third kappa shape index (κ3) is 2.33. The normalized spacial score (nSPS) is 10.4. The highest BCUT2D eigenvalue weighted by atomic mass is 16.5. The summed E-state index contributed by atoms with van der Waals surface area (Å²) in [5.41, 5.74) is 0.854. The fourth-order valence-corrected chi connectivity index (χ4v) is 1.90. The van der Waals surface area contributed by atoms with Crippen LogP contribution >= 0.6 is 0 Å². The molecule has 0 bridgehead atoms. The van der Waals surface area contributed by atoms with Crippen molar-refractivity contribution in [3.63, 3.8) is 0 Å². The molecule has 19 heavy (non-hydrogen) atoms. The quantitative estimate of drug-likeness (QED) is 0.774. The summed E-state index contributed by atoms with van der Waals surface area (Å²) >= 11 is 0. The smallest absolute Gasteiger partial charge is 0.153 e. The minimum Gasteiger partial charge on any atom is -0.455 e. The Balaban J connectivity index is 2.01. The molecule has 4 nitrogen and oxygen atoms in total. The lowest BCUT2D eigenvalue weighted by atomic mass is 10.2. The average Bonchev–Trinajstić information content (AvgIpc) is 2.48. The lowest BCUT2D eigenvalue weighted by Crippen LogP contribution is -1.93. The highest BCUT2D eigenvalue weighted by Crippen LogP contribution is 2.28. The third-order valence-corrected chi connectivity index (χ3v) is 2.81. The number of hydrogen-bond acceptors (Lipinski definition) is 4. The molecular formula is C15H13N3O. The van der Waals surface area contributed by atoms with Gasteiger partial charge in [0.2, 0.25) is 0 Å². The molecule has 0 aliphatic rings. The van der Waals surface area contributed by atoms with Gasteiger partial charge >= 0.3 is 0 Å². The summed E-state index contributed by atoms with van der Waals surface area (Å²) < 4.78 is 5.89. The van der Waals surface area contributed by atoms with Gasteiger partial charge in [-0.2, -0.15) is 0 Å². The number of anilines is 1. The summed E-state index contributed by atoms with van der Waals surface area (Å²) in [6.45, 7) is 0. The van der Waals surface area contributed by atoms with Gasteiger partial charge in [-0.05, 0) is 18.2 Å². The predicted octanol–water partition coefficient (Wildman–Crippen LogP) is 3.46. The van der Waals surface area contributed by atoms with Gasteiger partial charge in [0.15, 0.2) is 5.75 Å². The van der Waals surface area contributed by atoms with Crippen molar-refractivity contribution < 1.29 is 4.74 Å². The average molecular weight is 251 g/mol. The summed E-state index contributed by atoms with van der Waals surface area (Å²) in [7, 11) is 1.82. The van der Waals surface area contributed by atoms with Crippen LogP contribution in [0.3, 0.4) is 0 Å². The van der Waals surface area contributed by atoms with Gasteiger partial charge in [-0.15, -0.1) is 0 Å². The molecule has 0 amide bonds. The number of nitrogens with one attached hydrogen (secondary N) is 1.